The number of nitrogens with one attached hydrogen (secondary N) is 2. The van der Waals surface area contributed by atoms with Crippen molar-refractivity contribution in [3.63, 3.8) is 0 Å². The van der Waals surface area contributed by atoms with Crippen LogP contribution in [0, 0.1) is 0 Å². The summed E-state index contributed by atoms with van der Waals surface area (Å²) in [7, 11) is -3.59. The number of sulfonamides is 1. The minimum atomic E-state index is -3.59. The number of hydrogen-bond donors (Lipinski definition) is 2. The molecule has 8 heteroatoms. The zero-order valence-corrected chi connectivity index (χ0v) is 17.3. The zero-order chi connectivity index (χ0) is 21.4. The van der Waals surface area contributed by atoms with Crippen molar-refractivity contribution in [3.8, 4) is 5.75 Å². The number of carbonyl (C=O) groups excluding carboxylic acids is 1. The highest BCUT2D eigenvalue weighted by atomic mass is 32.2. The van der Waals surface area contributed by atoms with E-state index in [0.29, 0.717) is 11.4 Å². The quantitative estimate of drug-likeness (QED) is 0.456. The second-order valence-electron chi connectivity index (χ2n) is 7.52. The summed E-state index contributed by atoms with van der Waals surface area (Å²) in [5.41, 5.74) is 1.93. The van der Waals surface area contributed by atoms with Crippen LogP contribution in [0.4, 0.5) is 5.69 Å². The summed E-state index contributed by atoms with van der Waals surface area (Å²) in [4.78, 5) is 12.5. The van der Waals surface area contributed by atoms with Gasteiger partial charge in [0.25, 0.3) is 5.91 Å². The average molecular weight is 436 g/mol. The van der Waals surface area contributed by atoms with Crippen molar-refractivity contribution < 1.29 is 22.4 Å². The number of benzene rings is 3. The highest BCUT2D eigenvalue weighted by molar-refractivity contribution is 7.89. The minimum Gasteiger partial charge on any atom is -0.484 e. The van der Waals surface area contributed by atoms with Gasteiger partial charge in [0, 0.05) is 22.5 Å². The van der Waals surface area contributed by atoms with Crippen LogP contribution >= 0.6 is 0 Å². The first-order chi connectivity index (χ1) is 15.0. The van der Waals surface area contributed by atoms with Gasteiger partial charge >= 0.3 is 0 Å². The highest BCUT2D eigenvalue weighted by Crippen LogP contribution is 2.31. The molecule has 1 aliphatic carbocycles. The van der Waals surface area contributed by atoms with E-state index in [1.165, 1.54) is 12.1 Å². The number of amides is 1. The maximum atomic E-state index is 12.4. The summed E-state index contributed by atoms with van der Waals surface area (Å²) in [5, 5.41) is 4.57. The van der Waals surface area contributed by atoms with Gasteiger partial charge in [-0.3, -0.25) is 4.79 Å². The summed E-state index contributed by atoms with van der Waals surface area (Å²) >= 11 is 0. The lowest BCUT2D eigenvalue weighted by molar-refractivity contribution is -0.118. The number of rotatable bonds is 7. The van der Waals surface area contributed by atoms with E-state index in [9.17, 15) is 13.2 Å². The third-order valence-corrected chi connectivity index (χ3v) is 6.56. The predicted molar refractivity (Wildman–Crippen MR) is 118 cm³/mol. The van der Waals surface area contributed by atoms with Crippen LogP contribution in [0.15, 0.2) is 76.0 Å². The molecule has 1 saturated carbocycles. The van der Waals surface area contributed by atoms with Crippen molar-refractivity contribution >= 4 is 43.6 Å². The van der Waals surface area contributed by atoms with Gasteiger partial charge in [0.05, 0.1) is 4.90 Å². The summed E-state index contributed by atoms with van der Waals surface area (Å²) < 4.78 is 38.8. The molecular weight excluding hydrogens is 416 g/mol. The number of carbonyl (C=O) groups is 1. The largest absolute Gasteiger partial charge is 0.484 e. The summed E-state index contributed by atoms with van der Waals surface area (Å²) in [6.45, 7) is -0.210. The van der Waals surface area contributed by atoms with Crippen LogP contribution < -0.4 is 14.8 Å². The Bertz CT molecular complexity index is 1390. The Morgan fingerprint density at radius 3 is 2.61 bits per heavy atom. The molecule has 2 N–H and O–H groups in total. The van der Waals surface area contributed by atoms with Crippen molar-refractivity contribution in [2.45, 2.75) is 23.8 Å². The standard InChI is InChI=1S/C23H20N2O5S/c26-23(24-16-4-3-5-18(12-16)31(27,28)25-15-8-9-15)14-29-17-10-11-22-20(13-17)19-6-1-2-7-21(19)30-22/h1-7,10-13,15,25H,8-9,14H2,(H,24,26). The van der Waals surface area contributed by atoms with Crippen molar-refractivity contribution in [3.05, 3.63) is 66.7 Å². The Balaban J connectivity index is 1.26. The molecule has 1 heterocycles. The fourth-order valence-electron chi connectivity index (χ4n) is 3.37. The van der Waals surface area contributed by atoms with E-state index < -0.39 is 10.0 Å². The van der Waals surface area contributed by atoms with E-state index in [2.05, 4.69) is 10.0 Å². The molecule has 3 aromatic carbocycles. The van der Waals surface area contributed by atoms with Gasteiger partial charge in [0.15, 0.2) is 6.61 Å². The third kappa shape index (κ3) is 4.26. The Kier molecular flexibility index (Phi) is 4.88. The van der Waals surface area contributed by atoms with Gasteiger partial charge in [-0.15, -0.1) is 0 Å². The molecule has 4 aromatic rings. The molecule has 1 fully saturated rings. The Morgan fingerprint density at radius 1 is 0.968 bits per heavy atom. The van der Waals surface area contributed by atoms with E-state index in [0.717, 1.165) is 34.8 Å². The molecule has 0 spiro atoms. The van der Waals surface area contributed by atoms with Gasteiger partial charge in [-0.05, 0) is 55.3 Å². The molecule has 31 heavy (non-hydrogen) atoms. The average Bonchev–Trinajstić information content (AvgIpc) is 3.49. The first-order valence-corrected chi connectivity index (χ1v) is 11.4. The SMILES string of the molecule is O=C(COc1ccc2oc3ccccc3c2c1)Nc1cccc(S(=O)(=O)NC2CC2)c1. The number of ether oxygens (including phenoxy) is 1. The smallest absolute Gasteiger partial charge is 0.262 e. The van der Waals surface area contributed by atoms with Crippen LogP contribution in [0.2, 0.25) is 0 Å². The van der Waals surface area contributed by atoms with Crippen LogP contribution in [-0.2, 0) is 14.8 Å². The zero-order valence-electron chi connectivity index (χ0n) is 16.5. The maximum Gasteiger partial charge on any atom is 0.262 e. The molecule has 1 aliphatic rings. The van der Waals surface area contributed by atoms with E-state index in [4.69, 9.17) is 9.15 Å². The topological polar surface area (TPSA) is 97.6 Å². The lowest BCUT2D eigenvalue weighted by Crippen LogP contribution is -2.26. The molecule has 0 bridgehead atoms. The predicted octanol–water partition coefficient (Wildman–Crippen LogP) is 4.04. The summed E-state index contributed by atoms with van der Waals surface area (Å²) in [6.07, 6.45) is 1.71. The van der Waals surface area contributed by atoms with Crippen molar-refractivity contribution in [1.82, 2.24) is 4.72 Å². The van der Waals surface area contributed by atoms with E-state index in [1.54, 1.807) is 18.2 Å². The fourth-order valence-corrected chi connectivity index (χ4v) is 4.72. The molecule has 5 rings (SSSR count). The second-order valence-corrected chi connectivity index (χ2v) is 9.23. The van der Waals surface area contributed by atoms with Crippen LogP contribution in [0.1, 0.15) is 12.8 Å². The molecule has 0 saturated heterocycles. The van der Waals surface area contributed by atoms with Gasteiger partial charge in [-0.2, -0.15) is 0 Å². The van der Waals surface area contributed by atoms with Crippen molar-refractivity contribution in [2.75, 3.05) is 11.9 Å². The fraction of sp³-hybridized carbons (Fsp3) is 0.174. The van der Waals surface area contributed by atoms with Gasteiger partial charge < -0.3 is 14.5 Å². The number of furan rings is 1. The lowest BCUT2D eigenvalue weighted by atomic mass is 10.1. The van der Waals surface area contributed by atoms with Gasteiger partial charge in [0.1, 0.15) is 16.9 Å². The molecule has 1 amide bonds. The van der Waals surface area contributed by atoms with Crippen LogP contribution in [0.25, 0.3) is 21.9 Å². The molecule has 0 aliphatic heterocycles. The van der Waals surface area contributed by atoms with E-state index in [-0.39, 0.29) is 23.5 Å². The molecule has 0 radical (unpaired) electrons. The van der Waals surface area contributed by atoms with E-state index in [1.807, 2.05) is 36.4 Å². The molecule has 0 atom stereocenters. The molecule has 7 nitrogen and oxygen atoms in total. The third-order valence-electron chi connectivity index (χ3n) is 5.05. The van der Waals surface area contributed by atoms with Crippen molar-refractivity contribution in [2.24, 2.45) is 0 Å². The highest BCUT2D eigenvalue weighted by Gasteiger charge is 2.28. The van der Waals surface area contributed by atoms with Crippen LogP contribution in [0.5, 0.6) is 5.75 Å². The Morgan fingerprint density at radius 2 is 1.77 bits per heavy atom. The first kappa shape index (κ1) is 19.6. The number of fused-ring (bicyclic) bond motifs is 3. The monoisotopic (exact) mass is 436 g/mol. The Hall–Kier alpha value is -3.36. The van der Waals surface area contributed by atoms with Gasteiger partial charge in [-0.1, -0.05) is 24.3 Å². The molecule has 158 valence electrons. The number of anilines is 1. The molecule has 1 aromatic heterocycles. The van der Waals surface area contributed by atoms with Gasteiger partial charge in [0.2, 0.25) is 10.0 Å². The number of para-hydroxylation sites is 1. The maximum absolute atomic E-state index is 12.4. The Labute approximate surface area is 179 Å². The van der Waals surface area contributed by atoms with Crippen LogP contribution in [-0.4, -0.2) is 27.0 Å². The first-order valence-electron chi connectivity index (χ1n) is 9.94. The summed E-state index contributed by atoms with van der Waals surface area (Å²) in [5.74, 6) is 0.154. The summed E-state index contributed by atoms with van der Waals surface area (Å²) in [6, 6.07) is 19.3. The van der Waals surface area contributed by atoms with Gasteiger partial charge in [-0.25, -0.2) is 13.1 Å². The second kappa shape index (κ2) is 7.72. The van der Waals surface area contributed by atoms with Crippen molar-refractivity contribution in [1.29, 1.82) is 0 Å². The lowest BCUT2D eigenvalue weighted by Gasteiger charge is -2.10. The molecule has 0 unspecified atom stereocenters. The normalized spacial score (nSPS) is 14.1. The van der Waals surface area contributed by atoms with Crippen LogP contribution in [0.3, 0.4) is 0 Å². The molecular formula is C23H20N2O5S. The minimum absolute atomic E-state index is 0.0151. The van der Waals surface area contributed by atoms with E-state index >= 15 is 0 Å². The number of hydrogen-bond acceptors (Lipinski definition) is 5.